The average molecular weight is 358 g/mol. The van der Waals surface area contributed by atoms with Crippen molar-refractivity contribution in [1.82, 2.24) is 0 Å². The molecule has 0 spiro atoms. The Labute approximate surface area is 150 Å². The molecule has 0 aliphatic rings. The maximum Gasteiger partial charge on any atom is 0.347 e. The Morgan fingerprint density at radius 1 is 1.24 bits per heavy atom. The Hall–Kier alpha value is -2.85. The molecule has 130 valence electrons. The molecule has 7 heteroatoms. The summed E-state index contributed by atoms with van der Waals surface area (Å²) < 4.78 is 10.7. The SMILES string of the molecule is Cc1cccc(O[C@@H](C)C(=O)O[C@H](C)C(=O)Nc2sccc2C#N)c1. The van der Waals surface area contributed by atoms with Crippen LogP contribution in [0.25, 0.3) is 0 Å². The van der Waals surface area contributed by atoms with Crippen LogP contribution in [0.4, 0.5) is 5.00 Å². The zero-order chi connectivity index (χ0) is 18.4. The van der Waals surface area contributed by atoms with Gasteiger partial charge in [-0.05, 0) is 49.9 Å². The molecule has 0 aliphatic heterocycles. The summed E-state index contributed by atoms with van der Waals surface area (Å²) in [6.45, 7) is 4.94. The molecule has 25 heavy (non-hydrogen) atoms. The van der Waals surface area contributed by atoms with Crippen molar-refractivity contribution in [3.8, 4) is 11.8 Å². The van der Waals surface area contributed by atoms with Crippen molar-refractivity contribution in [2.75, 3.05) is 5.32 Å². The number of aryl methyl sites for hydroxylation is 1. The number of nitrogens with zero attached hydrogens (tertiary/aromatic N) is 1. The van der Waals surface area contributed by atoms with Gasteiger partial charge in [-0.15, -0.1) is 11.3 Å². The van der Waals surface area contributed by atoms with Gasteiger partial charge in [0.15, 0.2) is 12.2 Å². The number of rotatable bonds is 6. The first-order valence-corrected chi connectivity index (χ1v) is 8.51. The molecule has 1 N–H and O–H groups in total. The molecule has 0 saturated carbocycles. The van der Waals surface area contributed by atoms with Crippen molar-refractivity contribution in [1.29, 1.82) is 5.26 Å². The zero-order valence-corrected chi connectivity index (χ0v) is 14.9. The van der Waals surface area contributed by atoms with Crippen LogP contribution in [-0.2, 0) is 14.3 Å². The fourth-order valence-electron chi connectivity index (χ4n) is 1.97. The number of esters is 1. The Kier molecular flexibility index (Phi) is 6.14. The number of benzene rings is 1. The number of nitrogens with one attached hydrogen (secondary N) is 1. The first kappa shape index (κ1) is 18.5. The fourth-order valence-corrected chi connectivity index (χ4v) is 2.71. The molecule has 6 nitrogen and oxygen atoms in total. The summed E-state index contributed by atoms with van der Waals surface area (Å²) in [5.74, 6) is -0.593. The van der Waals surface area contributed by atoms with Gasteiger partial charge < -0.3 is 14.8 Å². The van der Waals surface area contributed by atoms with E-state index in [9.17, 15) is 9.59 Å². The fraction of sp³-hybridized carbons (Fsp3) is 0.278. The Bertz CT molecular complexity index is 809. The van der Waals surface area contributed by atoms with Crippen LogP contribution in [0.1, 0.15) is 25.0 Å². The standard InChI is InChI=1S/C18H18N2O4S/c1-11-5-4-6-15(9-11)23-13(3)18(22)24-12(2)16(21)20-17-14(10-19)7-8-25-17/h4-9,12-13H,1-3H3,(H,20,21)/t12-,13+/m1/s1. The van der Waals surface area contributed by atoms with E-state index in [2.05, 4.69) is 5.32 Å². The minimum atomic E-state index is -1.01. The summed E-state index contributed by atoms with van der Waals surface area (Å²) in [7, 11) is 0. The highest BCUT2D eigenvalue weighted by atomic mass is 32.1. The Morgan fingerprint density at radius 3 is 2.68 bits per heavy atom. The number of thiophene rings is 1. The molecular weight excluding hydrogens is 340 g/mol. The first-order chi connectivity index (χ1) is 11.9. The van der Waals surface area contributed by atoms with Crippen LogP contribution in [0.5, 0.6) is 5.75 Å². The lowest BCUT2D eigenvalue weighted by Gasteiger charge is -2.17. The van der Waals surface area contributed by atoms with Gasteiger partial charge in [-0.3, -0.25) is 4.79 Å². The number of anilines is 1. The van der Waals surface area contributed by atoms with Crippen LogP contribution in [0.2, 0.25) is 0 Å². The van der Waals surface area contributed by atoms with Crippen LogP contribution < -0.4 is 10.1 Å². The summed E-state index contributed by atoms with van der Waals surface area (Å²) >= 11 is 1.23. The number of amides is 1. The van der Waals surface area contributed by atoms with Crippen molar-refractivity contribution in [2.45, 2.75) is 33.0 Å². The zero-order valence-electron chi connectivity index (χ0n) is 14.1. The van der Waals surface area contributed by atoms with Crippen LogP contribution in [-0.4, -0.2) is 24.1 Å². The molecule has 1 amide bonds. The van der Waals surface area contributed by atoms with Crippen LogP contribution in [0.15, 0.2) is 35.7 Å². The lowest BCUT2D eigenvalue weighted by atomic mass is 10.2. The largest absolute Gasteiger partial charge is 0.479 e. The number of nitriles is 1. The van der Waals surface area contributed by atoms with Gasteiger partial charge in [0.1, 0.15) is 16.8 Å². The first-order valence-electron chi connectivity index (χ1n) is 7.63. The molecule has 1 aromatic heterocycles. The van der Waals surface area contributed by atoms with E-state index in [1.807, 2.05) is 25.1 Å². The van der Waals surface area contributed by atoms with Crippen molar-refractivity contribution >= 4 is 28.2 Å². The quantitative estimate of drug-likeness (QED) is 0.801. The predicted octanol–water partition coefficient (Wildman–Crippen LogP) is 3.27. The minimum Gasteiger partial charge on any atom is -0.479 e. The third-order valence-corrected chi connectivity index (χ3v) is 4.15. The second-order valence-electron chi connectivity index (χ2n) is 5.42. The minimum absolute atomic E-state index is 0.369. The van der Waals surface area contributed by atoms with Gasteiger partial charge in [0.25, 0.3) is 5.91 Å². The highest BCUT2D eigenvalue weighted by molar-refractivity contribution is 7.14. The molecule has 0 radical (unpaired) electrons. The Morgan fingerprint density at radius 2 is 2.00 bits per heavy atom. The number of carbonyl (C=O) groups excluding carboxylic acids is 2. The molecule has 0 fully saturated rings. The van der Waals surface area contributed by atoms with E-state index in [1.165, 1.54) is 18.3 Å². The monoisotopic (exact) mass is 358 g/mol. The number of hydrogen-bond donors (Lipinski definition) is 1. The van der Waals surface area contributed by atoms with Crippen molar-refractivity contribution in [2.24, 2.45) is 0 Å². The van der Waals surface area contributed by atoms with E-state index < -0.39 is 24.1 Å². The van der Waals surface area contributed by atoms with E-state index in [1.54, 1.807) is 30.5 Å². The van der Waals surface area contributed by atoms with Crippen LogP contribution in [0.3, 0.4) is 0 Å². The van der Waals surface area contributed by atoms with E-state index >= 15 is 0 Å². The maximum atomic E-state index is 12.1. The van der Waals surface area contributed by atoms with Crippen molar-refractivity contribution < 1.29 is 19.1 Å². The topological polar surface area (TPSA) is 88.4 Å². The molecule has 0 saturated heterocycles. The van der Waals surface area contributed by atoms with Gasteiger partial charge >= 0.3 is 5.97 Å². The number of hydrogen-bond acceptors (Lipinski definition) is 6. The molecule has 0 bridgehead atoms. The van der Waals surface area contributed by atoms with E-state index in [4.69, 9.17) is 14.7 Å². The molecule has 1 heterocycles. The predicted molar refractivity (Wildman–Crippen MR) is 94.5 cm³/mol. The Balaban J connectivity index is 1.90. The smallest absolute Gasteiger partial charge is 0.347 e. The second kappa shape index (κ2) is 8.31. The van der Waals surface area contributed by atoms with E-state index in [0.29, 0.717) is 16.3 Å². The number of ether oxygens (including phenoxy) is 2. The van der Waals surface area contributed by atoms with Gasteiger partial charge in [0.2, 0.25) is 0 Å². The average Bonchev–Trinajstić information content (AvgIpc) is 3.01. The van der Waals surface area contributed by atoms with Crippen LogP contribution >= 0.6 is 11.3 Å². The highest BCUT2D eigenvalue weighted by Crippen LogP contribution is 2.22. The van der Waals surface area contributed by atoms with Gasteiger partial charge in [-0.2, -0.15) is 5.26 Å². The van der Waals surface area contributed by atoms with Gasteiger partial charge in [-0.25, -0.2) is 4.79 Å². The maximum absolute atomic E-state index is 12.1. The molecule has 2 rings (SSSR count). The van der Waals surface area contributed by atoms with Crippen LogP contribution in [0, 0.1) is 18.3 Å². The molecule has 2 atom stereocenters. The van der Waals surface area contributed by atoms with Gasteiger partial charge in [-0.1, -0.05) is 12.1 Å². The van der Waals surface area contributed by atoms with Crippen molar-refractivity contribution in [3.63, 3.8) is 0 Å². The van der Waals surface area contributed by atoms with E-state index in [0.717, 1.165) is 5.56 Å². The summed E-state index contributed by atoms with van der Waals surface area (Å²) in [6, 6.07) is 10.9. The summed E-state index contributed by atoms with van der Waals surface area (Å²) in [4.78, 5) is 24.2. The summed E-state index contributed by atoms with van der Waals surface area (Å²) in [5.41, 5.74) is 1.38. The normalized spacial score (nSPS) is 12.6. The summed E-state index contributed by atoms with van der Waals surface area (Å²) in [5, 5.41) is 13.6. The second-order valence-corrected chi connectivity index (χ2v) is 6.34. The molecule has 1 aromatic carbocycles. The third-order valence-electron chi connectivity index (χ3n) is 3.32. The number of carbonyl (C=O) groups is 2. The molecule has 0 unspecified atom stereocenters. The summed E-state index contributed by atoms with van der Waals surface area (Å²) in [6.07, 6.45) is -1.86. The van der Waals surface area contributed by atoms with Crippen molar-refractivity contribution in [3.05, 3.63) is 46.8 Å². The highest BCUT2D eigenvalue weighted by Gasteiger charge is 2.24. The van der Waals surface area contributed by atoms with E-state index in [-0.39, 0.29) is 0 Å². The third kappa shape index (κ3) is 5.06. The molecule has 2 aromatic rings. The van der Waals surface area contributed by atoms with Gasteiger partial charge in [0, 0.05) is 0 Å². The lowest BCUT2D eigenvalue weighted by molar-refractivity contribution is -0.159. The molecular formula is C18H18N2O4S. The lowest BCUT2D eigenvalue weighted by Crippen LogP contribution is -2.35. The van der Waals surface area contributed by atoms with Gasteiger partial charge in [0.05, 0.1) is 5.56 Å². The molecule has 0 aliphatic carbocycles.